The van der Waals surface area contributed by atoms with Crippen molar-refractivity contribution >= 4 is 13.7 Å². The van der Waals surface area contributed by atoms with Crippen LogP contribution in [0, 0.1) is 11.8 Å². The van der Waals surface area contributed by atoms with Gasteiger partial charge in [0.15, 0.2) is 5.52 Å². The van der Waals surface area contributed by atoms with Gasteiger partial charge in [-0.2, -0.15) is 0 Å². The van der Waals surface area contributed by atoms with Gasteiger partial charge in [-0.15, -0.1) is 0 Å². The third-order valence-electron chi connectivity index (χ3n) is 4.13. The molecule has 3 heteroatoms. The lowest BCUT2D eigenvalue weighted by Gasteiger charge is -2.39. The monoisotopic (exact) mass is 236 g/mol. The van der Waals surface area contributed by atoms with Crippen LogP contribution in [0.3, 0.4) is 0 Å². The van der Waals surface area contributed by atoms with Gasteiger partial charge in [0.25, 0.3) is 0 Å². The van der Waals surface area contributed by atoms with Gasteiger partial charge in [-0.3, -0.25) is 4.79 Å². The molecule has 1 aliphatic heterocycles. The molecule has 86 valence electrons. The van der Waals surface area contributed by atoms with Crippen LogP contribution in [0.5, 0.6) is 0 Å². The first-order valence-electron chi connectivity index (χ1n) is 6.21. The van der Waals surface area contributed by atoms with Gasteiger partial charge >= 0.3 is 0 Å². The number of carbonyl (C=O) groups is 1. The second kappa shape index (κ2) is 4.09. The summed E-state index contributed by atoms with van der Waals surface area (Å²) in [6.45, 7) is 0. The highest BCUT2D eigenvalue weighted by Crippen LogP contribution is 2.58. The standard InChI is InChI=1S/C13H17O2P/c14-13-11-7-2-1-5-9(11)10-6-3-4-8-12(10)16(13)15/h3,6,9,11,15H,1-2,4-5,7-8H2. The summed E-state index contributed by atoms with van der Waals surface area (Å²) in [4.78, 5) is 22.3. The van der Waals surface area contributed by atoms with E-state index >= 15 is 0 Å². The maximum absolute atomic E-state index is 12.1. The van der Waals surface area contributed by atoms with Crippen molar-refractivity contribution in [2.24, 2.45) is 11.8 Å². The predicted octanol–water partition coefficient (Wildman–Crippen LogP) is 3.33. The highest BCUT2D eigenvalue weighted by molar-refractivity contribution is 7.73. The van der Waals surface area contributed by atoms with E-state index < -0.39 is 8.15 Å². The van der Waals surface area contributed by atoms with E-state index in [0.717, 1.165) is 37.4 Å². The van der Waals surface area contributed by atoms with Crippen molar-refractivity contribution in [3.8, 4) is 0 Å². The van der Waals surface area contributed by atoms with Crippen LogP contribution in [0.4, 0.5) is 0 Å². The van der Waals surface area contributed by atoms with E-state index in [1.54, 1.807) is 0 Å². The minimum atomic E-state index is -1.46. The molecule has 0 aromatic carbocycles. The Hall–Kier alpha value is -0.460. The molecule has 1 N–H and O–H groups in total. The molecule has 0 radical (unpaired) electrons. The minimum absolute atomic E-state index is 0.131. The number of fused-ring (bicyclic) bond motifs is 2. The normalized spacial score (nSPS) is 38.3. The van der Waals surface area contributed by atoms with Crippen molar-refractivity contribution in [3.63, 3.8) is 0 Å². The summed E-state index contributed by atoms with van der Waals surface area (Å²) in [5.41, 5.74) is 1.48. The van der Waals surface area contributed by atoms with Crippen LogP contribution < -0.4 is 0 Å². The second-order valence-corrected chi connectivity index (χ2v) is 6.59. The molecule has 3 rings (SSSR count). The van der Waals surface area contributed by atoms with Gasteiger partial charge in [0.1, 0.15) is 8.15 Å². The van der Waals surface area contributed by atoms with E-state index in [2.05, 4.69) is 12.2 Å². The molecule has 2 nitrogen and oxygen atoms in total. The van der Waals surface area contributed by atoms with Crippen LogP contribution in [0.1, 0.15) is 38.5 Å². The fourth-order valence-corrected chi connectivity index (χ4v) is 5.04. The fraction of sp³-hybridized carbons (Fsp3) is 0.615. The maximum atomic E-state index is 12.1. The summed E-state index contributed by atoms with van der Waals surface area (Å²) in [6.07, 6.45) is 10.8. The Morgan fingerprint density at radius 2 is 2.00 bits per heavy atom. The number of rotatable bonds is 0. The van der Waals surface area contributed by atoms with E-state index in [4.69, 9.17) is 0 Å². The van der Waals surface area contributed by atoms with Crippen molar-refractivity contribution in [1.29, 1.82) is 0 Å². The lowest BCUT2D eigenvalue weighted by molar-refractivity contribution is -0.117. The smallest absolute Gasteiger partial charge is 0.189 e. The maximum Gasteiger partial charge on any atom is 0.189 e. The summed E-state index contributed by atoms with van der Waals surface area (Å²) in [7, 11) is -1.46. The minimum Gasteiger partial charge on any atom is -0.362 e. The average Bonchev–Trinajstić information content (AvgIpc) is 2.36. The molecule has 3 atom stereocenters. The highest BCUT2D eigenvalue weighted by atomic mass is 31.1. The molecule has 0 bridgehead atoms. The first-order chi connectivity index (χ1) is 7.79. The lowest BCUT2D eigenvalue weighted by Crippen LogP contribution is -2.32. The summed E-state index contributed by atoms with van der Waals surface area (Å²) in [5, 5.41) is 1.09. The van der Waals surface area contributed by atoms with Crippen LogP contribution in [0.2, 0.25) is 0 Å². The zero-order chi connectivity index (χ0) is 11.1. The molecule has 16 heavy (non-hydrogen) atoms. The molecular weight excluding hydrogens is 219 g/mol. The molecule has 0 aromatic rings. The van der Waals surface area contributed by atoms with Gasteiger partial charge in [-0.05, 0) is 42.5 Å². The molecule has 1 saturated carbocycles. The zero-order valence-corrected chi connectivity index (χ0v) is 10.2. The molecule has 0 amide bonds. The van der Waals surface area contributed by atoms with E-state index in [-0.39, 0.29) is 11.4 Å². The Bertz CT molecular complexity index is 383. The van der Waals surface area contributed by atoms with Crippen molar-refractivity contribution in [3.05, 3.63) is 23.0 Å². The summed E-state index contributed by atoms with van der Waals surface area (Å²) >= 11 is 0. The topological polar surface area (TPSA) is 37.3 Å². The third kappa shape index (κ3) is 1.51. The second-order valence-electron chi connectivity index (χ2n) is 4.99. The average molecular weight is 236 g/mol. The van der Waals surface area contributed by atoms with Crippen molar-refractivity contribution in [2.45, 2.75) is 38.5 Å². The van der Waals surface area contributed by atoms with Gasteiger partial charge in [0.05, 0.1) is 0 Å². The Morgan fingerprint density at radius 1 is 1.25 bits per heavy atom. The van der Waals surface area contributed by atoms with Gasteiger partial charge in [-0.1, -0.05) is 25.0 Å². The molecule has 2 aliphatic carbocycles. The molecule has 1 fully saturated rings. The molecule has 3 unspecified atom stereocenters. The van der Waals surface area contributed by atoms with Crippen molar-refractivity contribution in [2.75, 3.05) is 0 Å². The van der Waals surface area contributed by atoms with Crippen LogP contribution in [-0.4, -0.2) is 10.4 Å². The van der Waals surface area contributed by atoms with E-state index in [1.165, 1.54) is 12.0 Å². The Labute approximate surface area is 97.3 Å². The summed E-state index contributed by atoms with van der Waals surface area (Å²) in [5.74, 6) is 0.560. The van der Waals surface area contributed by atoms with Gasteiger partial charge in [0, 0.05) is 5.92 Å². The van der Waals surface area contributed by atoms with Gasteiger partial charge < -0.3 is 4.89 Å². The first-order valence-corrected chi connectivity index (χ1v) is 7.51. The van der Waals surface area contributed by atoms with Crippen LogP contribution in [-0.2, 0) is 4.79 Å². The van der Waals surface area contributed by atoms with Crippen LogP contribution in [0.25, 0.3) is 0 Å². The number of allylic oxidation sites excluding steroid dienone is 4. The van der Waals surface area contributed by atoms with Crippen molar-refractivity contribution in [1.82, 2.24) is 0 Å². The Kier molecular flexibility index (Phi) is 2.73. The van der Waals surface area contributed by atoms with Gasteiger partial charge in [-0.25, -0.2) is 0 Å². The lowest BCUT2D eigenvalue weighted by atomic mass is 9.74. The molecule has 0 spiro atoms. The quantitative estimate of drug-likeness (QED) is 0.655. The van der Waals surface area contributed by atoms with E-state index in [1.807, 2.05) is 0 Å². The SMILES string of the molecule is O=C1C2CCCCC2C2=C(CCC=C2)P1O. The Balaban J connectivity index is 2.04. The largest absolute Gasteiger partial charge is 0.362 e. The van der Waals surface area contributed by atoms with Crippen molar-refractivity contribution < 1.29 is 9.69 Å². The number of hydrogen-bond donors (Lipinski definition) is 1. The van der Waals surface area contributed by atoms with Crippen LogP contribution >= 0.6 is 8.15 Å². The number of hydrogen-bond acceptors (Lipinski definition) is 2. The molecule has 0 aromatic heterocycles. The zero-order valence-electron chi connectivity index (χ0n) is 9.35. The molecular formula is C13H17O2P. The molecule has 0 saturated heterocycles. The Morgan fingerprint density at radius 3 is 2.81 bits per heavy atom. The number of carbonyl (C=O) groups excluding carboxylic acids is 1. The third-order valence-corrected chi connectivity index (χ3v) is 5.87. The van der Waals surface area contributed by atoms with E-state index in [0.29, 0.717) is 5.92 Å². The van der Waals surface area contributed by atoms with Gasteiger partial charge in [0.2, 0.25) is 0 Å². The first kappa shape index (κ1) is 10.7. The van der Waals surface area contributed by atoms with Crippen LogP contribution in [0.15, 0.2) is 23.0 Å². The predicted molar refractivity (Wildman–Crippen MR) is 65.0 cm³/mol. The summed E-state index contributed by atoms with van der Waals surface area (Å²) < 4.78 is 0. The van der Waals surface area contributed by atoms with E-state index in [9.17, 15) is 9.69 Å². The summed E-state index contributed by atoms with van der Waals surface area (Å²) in [6, 6.07) is 0. The fourth-order valence-electron chi connectivity index (χ4n) is 3.33. The molecule has 1 heterocycles. The highest BCUT2D eigenvalue weighted by Gasteiger charge is 2.43. The molecule has 3 aliphatic rings.